The molecule has 0 bridgehead atoms. The van der Waals surface area contributed by atoms with Gasteiger partial charge in [-0.1, -0.05) is 19.9 Å². The number of nitrogens with zero attached hydrogens (tertiary/aromatic N) is 5. The predicted molar refractivity (Wildman–Crippen MR) is 166 cm³/mol. The van der Waals surface area contributed by atoms with Crippen molar-refractivity contribution in [2.24, 2.45) is 5.41 Å². The molecule has 11 heteroatoms. The molecule has 45 heavy (non-hydrogen) atoms. The molecule has 3 aliphatic heterocycles. The Balaban J connectivity index is 1.38. The molecule has 0 saturated carbocycles. The number of piperidine rings is 1. The van der Waals surface area contributed by atoms with E-state index in [-0.39, 0.29) is 47.2 Å². The van der Waals surface area contributed by atoms with Gasteiger partial charge in [-0.15, -0.1) is 0 Å². The summed E-state index contributed by atoms with van der Waals surface area (Å²) in [7, 11) is 0. The minimum atomic E-state index is -0.924. The third kappa shape index (κ3) is 5.13. The van der Waals surface area contributed by atoms with E-state index in [2.05, 4.69) is 14.9 Å². The molecule has 5 heterocycles. The highest BCUT2D eigenvalue weighted by Gasteiger charge is 2.49. The molecule has 4 aromatic rings. The molecule has 0 aliphatic carbocycles. The van der Waals surface area contributed by atoms with E-state index in [9.17, 15) is 19.0 Å². The molecule has 3 fully saturated rings. The average Bonchev–Trinajstić information content (AvgIpc) is 3.55. The number of aliphatic hydroxyl groups is 1. The number of pyridine rings is 1. The Labute approximate surface area is 259 Å². The summed E-state index contributed by atoms with van der Waals surface area (Å²) in [6.07, 6.45) is 4.73. The van der Waals surface area contributed by atoms with E-state index in [0.717, 1.165) is 32.2 Å². The largest absolute Gasteiger partial charge is 0.508 e. The van der Waals surface area contributed by atoms with Crippen LogP contribution >= 0.6 is 0 Å². The third-order valence-corrected chi connectivity index (χ3v) is 10.1. The highest BCUT2D eigenvalue weighted by atomic mass is 19.1. The molecule has 0 spiro atoms. The molecular weight excluding hydrogens is 583 g/mol. The van der Waals surface area contributed by atoms with E-state index >= 15 is 4.39 Å². The second-order valence-corrected chi connectivity index (χ2v) is 13.3. The number of hydrogen-bond acceptors (Lipinski definition) is 8. The summed E-state index contributed by atoms with van der Waals surface area (Å²) in [5.41, 5.74) is -0.243. The molecule has 8 nitrogen and oxygen atoms in total. The van der Waals surface area contributed by atoms with E-state index in [1.165, 1.54) is 24.4 Å². The lowest BCUT2D eigenvalue weighted by molar-refractivity contribution is 0.107. The summed E-state index contributed by atoms with van der Waals surface area (Å²) in [6, 6.07) is 5.80. The van der Waals surface area contributed by atoms with Crippen molar-refractivity contribution in [3.8, 4) is 23.0 Å². The fourth-order valence-electron chi connectivity index (χ4n) is 7.82. The van der Waals surface area contributed by atoms with Gasteiger partial charge in [0.05, 0.1) is 17.5 Å². The van der Waals surface area contributed by atoms with Gasteiger partial charge in [0.25, 0.3) is 0 Å². The zero-order valence-electron chi connectivity index (χ0n) is 25.6. The van der Waals surface area contributed by atoms with Gasteiger partial charge in [0.1, 0.15) is 41.4 Å². The van der Waals surface area contributed by atoms with Crippen molar-refractivity contribution in [3.05, 3.63) is 47.7 Å². The molecule has 2 aromatic heterocycles. The Hall–Kier alpha value is -3.70. The fourth-order valence-corrected chi connectivity index (χ4v) is 7.82. The molecule has 0 amide bonds. The Morgan fingerprint density at radius 3 is 2.73 bits per heavy atom. The number of alkyl halides is 1. The third-order valence-electron chi connectivity index (χ3n) is 10.1. The number of aliphatic hydroxyl groups excluding tert-OH is 1. The lowest BCUT2D eigenvalue weighted by Gasteiger charge is -2.40. The van der Waals surface area contributed by atoms with Gasteiger partial charge < -0.3 is 19.8 Å². The van der Waals surface area contributed by atoms with Crippen LogP contribution in [0.15, 0.2) is 30.5 Å². The number of phenols is 1. The van der Waals surface area contributed by atoms with Crippen LogP contribution in [0.25, 0.3) is 32.9 Å². The van der Waals surface area contributed by atoms with E-state index in [4.69, 9.17) is 9.72 Å². The zero-order chi connectivity index (χ0) is 31.5. The minimum absolute atomic E-state index is 0.00369. The molecule has 2 aromatic carbocycles. The maximum absolute atomic E-state index is 16.8. The quantitative estimate of drug-likeness (QED) is 0.262. The Kier molecular flexibility index (Phi) is 7.51. The number of benzene rings is 2. The molecule has 0 radical (unpaired) electrons. The van der Waals surface area contributed by atoms with Crippen molar-refractivity contribution < 1.29 is 28.1 Å². The van der Waals surface area contributed by atoms with Crippen LogP contribution in [0.4, 0.5) is 19.0 Å². The second kappa shape index (κ2) is 11.3. The smallest absolute Gasteiger partial charge is 0.319 e. The van der Waals surface area contributed by atoms with Crippen LogP contribution in [0.3, 0.4) is 0 Å². The first-order chi connectivity index (χ1) is 21.6. The maximum atomic E-state index is 16.8. The number of rotatable bonds is 7. The maximum Gasteiger partial charge on any atom is 0.319 e. The van der Waals surface area contributed by atoms with Gasteiger partial charge in [-0.2, -0.15) is 9.97 Å². The van der Waals surface area contributed by atoms with E-state index in [1.54, 1.807) is 6.07 Å². The summed E-state index contributed by atoms with van der Waals surface area (Å²) in [4.78, 5) is 18.0. The molecule has 3 atom stereocenters. The number of ether oxygens (including phenoxy) is 1. The molecule has 3 aliphatic rings. The molecule has 2 N–H and O–H groups in total. The standard InChI is InChI=1S/C34H38F3N5O3/c1-3-23-26(36)7-6-20-12-22(44)13-24(27(20)23)29-28(37)30-25(15-38-29)31(41-10-4-8-33(2,17-41)18-43)40-32(39-30)45-19-34-9-5-11-42(34)16-21(35)14-34/h6-7,12-13,15,21,43-44H,3-5,8-11,14,16-19H2,1-2H3/t21-,33-,34+/m1/s1. The molecule has 0 unspecified atom stereocenters. The Bertz CT molecular complexity index is 1790. The zero-order valence-corrected chi connectivity index (χ0v) is 25.6. The van der Waals surface area contributed by atoms with Crippen molar-refractivity contribution in [3.63, 3.8) is 0 Å². The van der Waals surface area contributed by atoms with Crippen LogP contribution < -0.4 is 9.64 Å². The van der Waals surface area contributed by atoms with Gasteiger partial charge in [0.2, 0.25) is 0 Å². The number of fused-ring (bicyclic) bond motifs is 3. The minimum Gasteiger partial charge on any atom is -0.508 e. The summed E-state index contributed by atoms with van der Waals surface area (Å²) in [5.74, 6) is -0.812. The molecule has 3 saturated heterocycles. The molecular formula is C34H38F3N5O3. The predicted octanol–water partition coefficient (Wildman–Crippen LogP) is 5.95. The first-order valence-corrected chi connectivity index (χ1v) is 15.8. The van der Waals surface area contributed by atoms with Crippen LogP contribution in [0.1, 0.15) is 51.5 Å². The van der Waals surface area contributed by atoms with Gasteiger partial charge in [-0.3, -0.25) is 9.88 Å². The van der Waals surface area contributed by atoms with Crippen LogP contribution in [-0.4, -0.2) is 81.2 Å². The summed E-state index contributed by atoms with van der Waals surface area (Å²) >= 11 is 0. The summed E-state index contributed by atoms with van der Waals surface area (Å²) in [6.45, 7) is 6.33. The highest BCUT2D eigenvalue weighted by molar-refractivity contribution is 6.01. The van der Waals surface area contributed by atoms with Crippen molar-refractivity contribution in [2.75, 3.05) is 44.3 Å². The summed E-state index contributed by atoms with van der Waals surface area (Å²) < 4.78 is 52.4. The van der Waals surface area contributed by atoms with Crippen molar-refractivity contribution >= 4 is 27.5 Å². The number of aromatic hydroxyl groups is 1. The van der Waals surface area contributed by atoms with E-state index < -0.39 is 23.3 Å². The number of anilines is 1. The van der Waals surface area contributed by atoms with Crippen molar-refractivity contribution in [2.45, 2.75) is 64.1 Å². The Morgan fingerprint density at radius 1 is 1.11 bits per heavy atom. The summed E-state index contributed by atoms with van der Waals surface area (Å²) in [5, 5.41) is 22.1. The lowest BCUT2D eigenvalue weighted by Crippen LogP contribution is -2.44. The van der Waals surface area contributed by atoms with Crippen molar-refractivity contribution in [1.29, 1.82) is 0 Å². The van der Waals surface area contributed by atoms with Gasteiger partial charge in [0.15, 0.2) is 5.82 Å². The van der Waals surface area contributed by atoms with Gasteiger partial charge in [-0.25, -0.2) is 13.2 Å². The van der Waals surface area contributed by atoms with Gasteiger partial charge in [0, 0.05) is 43.2 Å². The monoisotopic (exact) mass is 621 g/mol. The average molecular weight is 622 g/mol. The molecule has 238 valence electrons. The second-order valence-electron chi connectivity index (χ2n) is 13.3. The van der Waals surface area contributed by atoms with E-state index in [0.29, 0.717) is 60.0 Å². The molecule has 7 rings (SSSR count). The fraction of sp³-hybridized carbons (Fsp3) is 0.500. The van der Waals surface area contributed by atoms with Crippen LogP contribution in [-0.2, 0) is 6.42 Å². The van der Waals surface area contributed by atoms with Crippen molar-refractivity contribution in [1.82, 2.24) is 19.9 Å². The van der Waals surface area contributed by atoms with Crippen LogP contribution in [0.2, 0.25) is 0 Å². The first kappa shape index (κ1) is 30.0. The number of aromatic nitrogens is 3. The first-order valence-electron chi connectivity index (χ1n) is 15.8. The van der Waals surface area contributed by atoms with Crippen LogP contribution in [0, 0.1) is 17.0 Å². The Morgan fingerprint density at radius 2 is 1.93 bits per heavy atom. The highest BCUT2D eigenvalue weighted by Crippen LogP contribution is 2.42. The lowest BCUT2D eigenvalue weighted by atomic mass is 9.83. The number of halogens is 3. The van der Waals surface area contributed by atoms with Gasteiger partial charge >= 0.3 is 6.01 Å². The number of hydrogen-bond donors (Lipinski definition) is 2. The number of phenolic OH excluding ortho intramolecular Hbond substituents is 1. The topological polar surface area (TPSA) is 94.8 Å². The van der Waals surface area contributed by atoms with E-state index in [1.807, 2.05) is 18.7 Å². The number of aryl methyl sites for hydroxylation is 1. The normalized spacial score (nSPS) is 25.4. The van der Waals surface area contributed by atoms with Crippen LogP contribution in [0.5, 0.6) is 11.8 Å². The SMILES string of the molecule is CCc1c(F)ccc2cc(O)cc(-c3ncc4c(N5CCC[C@@](C)(CO)C5)nc(OC[C@@]56CCCN5C[C@H](F)C6)nc4c3F)c12. The van der Waals surface area contributed by atoms with Gasteiger partial charge in [-0.05, 0) is 73.2 Å².